The summed E-state index contributed by atoms with van der Waals surface area (Å²) in [6.45, 7) is 4.23. The molecular formula is C13H20N2S2. The van der Waals surface area contributed by atoms with Crippen LogP contribution in [0.4, 0.5) is 5.69 Å². The van der Waals surface area contributed by atoms with Crippen LogP contribution < -0.4 is 11.1 Å². The van der Waals surface area contributed by atoms with Crippen LogP contribution in [0.5, 0.6) is 0 Å². The Morgan fingerprint density at radius 3 is 2.76 bits per heavy atom. The second kappa shape index (κ2) is 6.87. The van der Waals surface area contributed by atoms with Gasteiger partial charge in [0.1, 0.15) is 4.99 Å². The second-order valence-corrected chi connectivity index (χ2v) is 5.47. The largest absolute Gasteiger partial charge is 0.389 e. The Morgan fingerprint density at radius 1 is 1.53 bits per heavy atom. The van der Waals surface area contributed by atoms with Gasteiger partial charge in [-0.2, -0.15) is 11.8 Å². The van der Waals surface area contributed by atoms with E-state index in [1.165, 1.54) is 5.56 Å². The number of thiocarbonyl (C=S) groups is 1. The van der Waals surface area contributed by atoms with Gasteiger partial charge in [0.2, 0.25) is 0 Å². The average molecular weight is 268 g/mol. The predicted molar refractivity (Wildman–Crippen MR) is 83.2 cm³/mol. The molecule has 0 amide bonds. The molecule has 0 radical (unpaired) electrons. The highest BCUT2D eigenvalue weighted by Crippen LogP contribution is 2.19. The third kappa shape index (κ3) is 4.21. The Hall–Kier alpha value is -0.740. The first-order chi connectivity index (χ1) is 8.08. The molecule has 0 aliphatic carbocycles. The lowest BCUT2D eigenvalue weighted by Crippen LogP contribution is -2.23. The summed E-state index contributed by atoms with van der Waals surface area (Å²) < 4.78 is 0. The third-order valence-corrected chi connectivity index (χ3v) is 3.62. The Bertz CT molecular complexity index is 391. The molecule has 1 rings (SSSR count). The first-order valence-electron chi connectivity index (χ1n) is 5.74. The van der Waals surface area contributed by atoms with Crippen molar-refractivity contribution in [2.75, 3.05) is 17.3 Å². The predicted octanol–water partition coefficient (Wildman–Crippen LogP) is 3.18. The molecule has 94 valence electrons. The molecular weight excluding hydrogens is 248 g/mol. The van der Waals surface area contributed by atoms with Gasteiger partial charge < -0.3 is 11.1 Å². The van der Waals surface area contributed by atoms with E-state index in [0.29, 0.717) is 11.0 Å². The average Bonchev–Trinajstić information content (AvgIpc) is 2.30. The summed E-state index contributed by atoms with van der Waals surface area (Å²) >= 11 is 6.94. The molecule has 4 heteroatoms. The van der Waals surface area contributed by atoms with Crippen molar-refractivity contribution in [3.05, 3.63) is 29.3 Å². The van der Waals surface area contributed by atoms with Crippen LogP contribution in [0, 0.1) is 6.92 Å². The smallest absolute Gasteiger partial charge is 0.106 e. The highest BCUT2D eigenvalue weighted by Gasteiger charge is 2.10. The molecule has 0 saturated heterocycles. The Kier molecular flexibility index (Phi) is 5.78. The molecule has 2 nitrogen and oxygen atoms in total. The van der Waals surface area contributed by atoms with Crippen LogP contribution in [0.15, 0.2) is 18.2 Å². The molecule has 0 spiro atoms. The minimum Gasteiger partial charge on any atom is -0.389 e. The fourth-order valence-corrected chi connectivity index (χ4v) is 2.56. The molecule has 0 fully saturated rings. The first kappa shape index (κ1) is 14.3. The second-order valence-electron chi connectivity index (χ2n) is 4.12. The maximum atomic E-state index is 5.76. The van der Waals surface area contributed by atoms with E-state index in [1.807, 2.05) is 24.8 Å². The van der Waals surface area contributed by atoms with Crippen molar-refractivity contribution < 1.29 is 0 Å². The van der Waals surface area contributed by atoms with Gasteiger partial charge in [0.25, 0.3) is 0 Å². The number of hydrogen-bond acceptors (Lipinski definition) is 3. The monoisotopic (exact) mass is 268 g/mol. The molecule has 1 unspecified atom stereocenters. The van der Waals surface area contributed by atoms with E-state index in [-0.39, 0.29) is 0 Å². The van der Waals surface area contributed by atoms with E-state index >= 15 is 0 Å². The van der Waals surface area contributed by atoms with Crippen molar-refractivity contribution in [2.45, 2.75) is 26.3 Å². The molecule has 1 aromatic rings. The lowest BCUT2D eigenvalue weighted by molar-refractivity contribution is 0.775. The van der Waals surface area contributed by atoms with Crippen LogP contribution in [0.25, 0.3) is 0 Å². The van der Waals surface area contributed by atoms with Crippen molar-refractivity contribution in [3.8, 4) is 0 Å². The van der Waals surface area contributed by atoms with Gasteiger partial charge >= 0.3 is 0 Å². The van der Waals surface area contributed by atoms with E-state index < -0.39 is 0 Å². The summed E-state index contributed by atoms with van der Waals surface area (Å²) in [6, 6.07) is 6.64. The van der Waals surface area contributed by atoms with E-state index in [9.17, 15) is 0 Å². The summed E-state index contributed by atoms with van der Waals surface area (Å²) in [6.07, 6.45) is 3.21. The zero-order valence-electron chi connectivity index (χ0n) is 10.6. The topological polar surface area (TPSA) is 38.0 Å². The number of benzene rings is 1. The number of rotatable bonds is 6. The van der Waals surface area contributed by atoms with Crippen molar-refractivity contribution >= 4 is 34.7 Å². The lowest BCUT2D eigenvalue weighted by atomic mass is 10.1. The third-order valence-electron chi connectivity index (χ3n) is 2.66. The fraction of sp³-hybridized carbons (Fsp3) is 0.462. The van der Waals surface area contributed by atoms with Gasteiger partial charge in [0, 0.05) is 23.0 Å². The summed E-state index contributed by atoms with van der Waals surface area (Å²) in [5.41, 5.74) is 8.93. The molecule has 1 aromatic carbocycles. The maximum absolute atomic E-state index is 5.76. The van der Waals surface area contributed by atoms with Crippen LogP contribution in [-0.2, 0) is 0 Å². The zero-order valence-corrected chi connectivity index (χ0v) is 12.3. The summed E-state index contributed by atoms with van der Waals surface area (Å²) in [5.74, 6) is 1.08. The Morgan fingerprint density at radius 2 is 2.24 bits per heavy atom. The van der Waals surface area contributed by atoms with E-state index in [4.69, 9.17) is 18.0 Å². The number of hydrogen-bond donors (Lipinski definition) is 2. The van der Waals surface area contributed by atoms with E-state index in [2.05, 4.69) is 30.6 Å². The minimum atomic E-state index is 0.454. The van der Waals surface area contributed by atoms with Crippen LogP contribution in [0.1, 0.15) is 24.5 Å². The molecule has 0 saturated carbocycles. The van der Waals surface area contributed by atoms with Crippen molar-refractivity contribution in [1.29, 1.82) is 0 Å². The van der Waals surface area contributed by atoms with Gasteiger partial charge in [-0.1, -0.05) is 30.8 Å². The summed E-state index contributed by atoms with van der Waals surface area (Å²) in [7, 11) is 0. The summed E-state index contributed by atoms with van der Waals surface area (Å²) in [5, 5.41) is 3.52. The Balaban J connectivity index is 2.92. The molecule has 3 N–H and O–H groups in total. The van der Waals surface area contributed by atoms with Crippen molar-refractivity contribution in [1.82, 2.24) is 0 Å². The fourth-order valence-electron chi connectivity index (χ4n) is 1.67. The number of thioether (sulfide) groups is 1. The molecule has 0 heterocycles. The van der Waals surface area contributed by atoms with Gasteiger partial charge in [-0.05, 0) is 31.7 Å². The number of nitrogens with one attached hydrogen (secondary N) is 1. The minimum absolute atomic E-state index is 0.454. The van der Waals surface area contributed by atoms with Crippen LogP contribution in [-0.4, -0.2) is 23.0 Å². The highest BCUT2D eigenvalue weighted by atomic mass is 32.2. The molecule has 0 aliphatic rings. The number of nitrogens with two attached hydrogens (primary N) is 1. The van der Waals surface area contributed by atoms with Crippen LogP contribution in [0.2, 0.25) is 0 Å². The zero-order chi connectivity index (χ0) is 12.8. The molecule has 1 atom stereocenters. The van der Waals surface area contributed by atoms with E-state index in [0.717, 1.165) is 23.4 Å². The highest BCUT2D eigenvalue weighted by molar-refractivity contribution is 7.98. The normalized spacial score (nSPS) is 12.2. The van der Waals surface area contributed by atoms with Gasteiger partial charge in [-0.3, -0.25) is 0 Å². The maximum Gasteiger partial charge on any atom is 0.106 e. The number of anilines is 1. The summed E-state index contributed by atoms with van der Waals surface area (Å²) in [4.78, 5) is 0.454. The van der Waals surface area contributed by atoms with E-state index in [1.54, 1.807) is 0 Å². The SMILES string of the molecule is CCC(CSC)Nc1ccc(C)cc1C(N)=S. The van der Waals surface area contributed by atoms with Crippen LogP contribution >= 0.6 is 24.0 Å². The lowest BCUT2D eigenvalue weighted by Gasteiger charge is -2.19. The first-order valence-corrected chi connectivity index (χ1v) is 7.54. The van der Waals surface area contributed by atoms with Crippen molar-refractivity contribution in [3.63, 3.8) is 0 Å². The van der Waals surface area contributed by atoms with Crippen molar-refractivity contribution in [2.24, 2.45) is 5.73 Å². The van der Waals surface area contributed by atoms with Gasteiger partial charge in [0.05, 0.1) is 0 Å². The van der Waals surface area contributed by atoms with Gasteiger partial charge in [-0.25, -0.2) is 0 Å². The van der Waals surface area contributed by atoms with Gasteiger partial charge in [0.15, 0.2) is 0 Å². The van der Waals surface area contributed by atoms with Gasteiger partial charge in [-0.15, -0.1) is 0 Å². The quantitative estimate of drug-likeness (QED) is 0.777. The standard InChI is InChI=1S/C13H20N2S2/c1-4-10(8-17-3)15-12-6-5-9(2)7-11(12)13(14)16/h5-7,10,15H,4,8H2,1-3H3,(H2,14,16). The Labute approximate surface area is 113 Å². The molecule has 0 aliphatic heterocycles. The molecule has 17 heavy (non-hydrogen) atoms. The van der Waals surface area contributed by atoms with Crippen LogP contribution in [0.3, 0.4) is 0 Å². The molecule has 0 bridgehead atoms. The number of aryl methyl sites for hydroxylation is 1. The molecule has 0 aromatic heterocycles.